The van der Waals surface area contributed by atoms with Crippen LogP contribution in [0.15, 0.2) is 42.5 Å². The molecule has 2 bridgehead atoms. The van der Waals surface area contributed by atoms with Gasteiger partial charge < -0.3 is 20.3 Å². The molecule has 3 aliphatic heterocycles. The molecule has 5 atom stereocenters. The van der Waals surface area contributed by atoms with Crippen LogP contribution in [0.2, 0.25) is 0 Å². The van der Waals surface area contributed by atoms with Gasteiger partial charge in [0.25, 0.3) is 0 Å². The topological polar surface area (TPSA) is 87.7 Å². The standard InChI is InChI=1S/C25H29N3O4/c29-22(26-14-15-6-2-1-3-7-15)19-18-12-13-25(32-18)20(19)24(31)28(17-10-11-17)21(25)23(30)27-16-8-4-5-9-16/h1-3,6-7,12-13,16-21H,4-5,8-11,14H2,(H,26,29)(H,27,30)/t18-,19+,20-,21+,25-/m0/s1. The van der Waals surface area contributed by atoms with E-state index in [1.807, 2.05) is 42.5 Å². The molecule has 0 radical (unpaired) electrons. The Morgan fingerprint density at radius 3 is 2.53 bits per heavy atom. The zero-order valence-corrected chi connectivity index (χ0v) is 18.0. The number of benzene rings is 1. The average molecular weight is 436 g/mol. The third kappa shape index (κ3) is 3.01. The summed E-state index contributed by atoms with van der Waals surface area (Å²) in [5.41, 5.74) is -0.0386. The lowest BCUT2D eigenvalue weighted by Gasteiger charge is -2.33. The van der Waals surface area contributed by atoms with Crippen molar-refractivity contribution in [2.75, 3.05) is 0 Å². The summed E-state index contributed by atoms with van der Waals surface area (Å²) < 4.78 is 6.35. The van der Waals surface area contributed by atoms with E-state index in [1.165, 1.54) is 0 Å². The van der Waals surface area contributed by atoms with Crippen LogP contribution in [0, 0.1) is 11.8 Å². The van der Waals surface area contributed by atoms with Crippen molar-refractivity contribution in [3.05, 3.63) is 48.0 Å². The van der Waals surface area contributed by atoms with Gasteiger partial charge in [0.1, 0.15) is 11.6 Å². The molecule has 1 aromatic carbocycles. The first kappa shape index (κ1) is 20.0. The first-order valence-electron chi connectivity index (χ1n) is 11.9. The summed E-state index contributed by atoms with van der Waals surface area (Å²) in [6.07, 6.45) is 9.31. The quantitative estimate of drug-likeness (QED) is 0.666. The maximum Gasteiger partial charge on any atom is 0.246 e. The van der Waals surface area contributed by atoms with Gasteiger partial charge in [-0.1, -0.05) is 55.3 Å². The van der Waals surface area contributed by atoms with E-state index in [0.29, 0.717) is 6.54 Å². The van der Waals surface area contributed by atoms with Gasteiger partial charge in [0.05, 0.1) is 17.9 Å². The molecule has 2 N–H and O–H groups in total. The molecule has 7 heteroatoms. The lowest BCUT2D eigenvalue weighted by atomic mass is 9.74. The van der Waals surface area contributed by atoms with Crippen molar-refractivity contribution >= 4 is 17.7 Å². The van der Waals surface area contributed by atoms with Crippen LogP contribution in [-0.2, 0) is 25.7 Å². The predicted molar refractivity (Wildman–Crippen MR) is 116 cm³/mol. The summed E-state index contributed by atoms with van der Waals surface area (Å²) >= 11 is 0. The highest BCUT2D eigenvalue weighted by molar-refractivity contribution is 6.00. The molecule has 4 fully saturated rings. The first-order chi connectivity index (χ1) is 15.6. The number of nitrogens with zero attached hydrogens (tertiary/aromatic N) is 1. The van der Waals surface area contributed by atoms with Crippen LogP contribution >= 0.6 is 0 Å². The summed E-state index contributed by atoms with van der Waals surface area (Å²) in [5, 5.41) is 6.18. The van der Waals surface area contributed by atoms with Crippen LogP contribution in [-0.4, -0.2) is 52.5 Å². The summed E-state index contributed by atoms with van der Waals surface area (Å²) in [5.74, 6) is -1.67. The van der Waals surface area contributed by atoms with Crippen LogP contribution in [0.4, 0.5) is 0 Å². The van der Waals surface area contributed by atoms with E-state index in [2.05, 4.69) is 10.6 Å². The molecule has 6 rings (SSSR count). The van der Waals surface area contributed by atoms with Gasteiger partial charge in [0.15, 0.2) is 0 Å². The number of hydrogen-bond donors (Lipinski definition) is 2. The molecule has 2 saturated carbocycles. The lowest BCUT2D eigenvalue weighted by molar-refractivity contribution is -0.142. The zero-order valence-electron chi connectivity index (χ0n) is 18.0. The minimum absolute atomic E-state index is 0.0749. The average Bonchev–Trinajstić information content (AvgIpc) is 3.13. The molecule has 7 nitrogen and oxygen atoms in total. The SMILES string of the molecule is O=C(NCc1ccccc1)[C@@H]1[C@@H]2C=C[C@]3(O2)[C@@H]1C(=O)N(C1CC1)[C@@H]3C(=O)NC1CCCC1. The van der Waals surface area contributed by atoms with Crippen molar-refractivity contribution in [1.29, 1.82) is 0 Å². The summed E-state index contributed by atoms with van der Waals surface area (Å²) in [6, 6.07) is 9.26. The van der Waals surface area contributed by atoms with Crippen molar-refractivity contribution in [2.45, 2.75) is 74.9 Å². The Morgan fingerprint density at radius 2 is 1.81 bits per heavy atom. The minimum atomic E-state index is -1.04. The number of nitrogens with one attached hydrogen (secondary N) is 2. The van der Waals surface area contributed by atoms with Gasteiger partial charge in [-0.15, -0.1) is 0 Å². The number of ether oxygens (including phenoxy) is 1. The molecule has 3 amide bonds. The Bertz CT molecular complexity index is 969. The minimum Gasteiger partial charge on any atom is -0.359 e. The summed E-state index contributed by atoms with van der Waals surface area (Å²) in [6.45, 7) is 0.401. The van der Waals surface area contributed by atoms with Gasteiger partial charge >= 0.3 is 0 Å². The van der Waals surface area contributed by atoms with E-state index >= 15 is 0 Å². The maximum absolute atomic E-state index is 13.6. The molecule has 1 aromatic rings. The third-order valence-corrected chi connectivity index (χ3v) is 7.81. The highest BCUT2D eigenvalue weighted by Gasteiger charge is 2.74. The number of hydrogen-bond acceptors (Lipinski definition) is 4. The van der Waals surface area contributed by atoms with Gasteiger partial charge in [-0.25, -0.2) is 0 Å². The highest BCUT2D eigenvalue weighted by atomic mass is 16.5. The number of amides is 3. The van der Waals surface area contributed by atoms with E-state index in [-0.39, 0.29) is 29.8 Å². The number of likely N-dealkylation sites (tertiary alicyclic amines) is 1. The maximum atomic E-state index is 13.6. The van der Waals surface area contributed by atoms with E-state index < -0.39 is 29.6 Å². The third-order valence-electron chi connectivity index (χ3n) is 7.81. The molecule has 2 saturated heterocycles. The molecular formula is C25H29N3O4. The van der Waals surface area contributed by atoms with Crippen LogP contribution < -0.4 is 10.6 Å². The van der Waals surface area contributed by atoms with E-state index in [4.69, 9.17) is 4.74 Å². The predicted octanol–water partition coefficient (Wildman–Crippen LogP) is 1.67. The molecule has 32 heavy (non-hydrogen) atoms. The Hall–Kier alpha value is -2.67. The van der Waals surface area contributed by atoms with Crippen LogP contribution in [0.25, 0.3) is 0 Å². The Morgan fingerprint density at radius 1 is 1.06 bits per heavy atom. The molecule has 5 aliphatic rings. The molecule has 1 spiro atoms. The smallest absolute Gasteiger partial charge is 0.246 e. The second-order valence-corrected chi connectivity index (χ2v) is 9.87. The van der Waals surface area contributed by atoms with Crippen LogP contribution in [0.3, 0.4) is 0 Å². The van der Waals surface area contributed by atoms with Gasteiger partial charge in [-0.05, 0) is 31.2 Å². The van der Waals surface area contributed by atoms with Gasteiger partial charge in [-0.3, -0.25) is 14.4 Å². The first-order valence-corrected chi connectivity index (χ1v) is 11.9. The van der Waals surface area contributed by atoms with E-state index in [0.717, 1.165) is 44.1 Å². The molecule has 3 heterocycles. The van der Waals surface area contributed by atoms with Gasteiger partial charge in [0, 0.05) is 18.6 Å². The van der Waals surface area contributed by atoms with Crippen LogP contribution in [0.5, 0.6) is 0 Å². The molecule has 168 valence electrons. The Kier molecular flexibility index (Phi) is 4.64. The molecule has 2 aliphatic carbocycles. The fourth-order valence-corrected chi connectivity index (χ4v) is 6.21. The number of carbonyl (C=O) groups is 3. The normalized spacial score (nSPS) is 35.4. The monoisotopic (exact) mass is 435 g/mol. The van der Waals surface area contributed by atoms with Crippen molar-refractivity contribution in [1.82, 2.24) is 15.5 Å². The zero-order chi connectivity index (χ0) is 21.9. The highest BCUT2D eigenvalue weighted by Crippen LogP contribution is 2.57. The van der Waals surface area contributed by atoms with Crippen molar-refractivity contribution in [2.24, 2.45) is 11.8 Å². The lowest BCUT2D eigenvalue weighted by Crippen LogP contribution is -2.56. The van der Waals surface area contributed by atoms with Gasteiger partial charge in [-0.2, -0.15) is 0 Å². The fourth-order valence-electron chi connectivity index (χ4n) is 6.21. The molecular weight excluding hydrogens is 406 g/mol. The number of fused-ring (bicyclic) bond motifs is 1. The second-order valence-electron chi connectivity index (χ2n) is 9.87. The largest absolute Gasteiger partial charge is 0.359 e. The van der Waals surface area contributed by atoms with Crippen molar-refractivity contribution in [3.8, 4) is 0 Å². The molecule has 0 aromatic heterocycles. The Labute approximate surface area is 187 Å². The van der Waals surface area contributed by atoms with E-state index in [1.54, 1.807) is 4.90 Å². The van der Waals surface area contributed by atoms with Crippen molar-refractivity contribution < 1.29 is 19.1 Å². The second kappa shape index (κ2) is 7.44. The molecule has 0 unspecified atom stereocenters. The number of carbonyl (C=O) groups excluding carboxylic acids is 3. The van der Waals surface area contributed by atoms with Gasteiger partial charge in [0.2, 0.25) is 17.7 Å². The Balaban J connectivity index is 1.26. The van der Waals surface area contributed by atoms with Crippen LogP contribution in [0.1, 0.15) is 44.1 Å². The van der Waals surface area contributed by atoms with E-state index in [9.17, 15) is 14.4 Å². The fraction of sp³-hybridized carbons (Fsp3) is 0.560. The summed E-state index contributed by atoms with van der Waals surface area (Å²) in [4.78, 5) is 42.1. The van der Waals surface area contributed by atoms with Crippen molar-refractivity contribution in [3.63, 3.8) is 0 Å². The summed E-state index contributed by atoms with van der Waals surface area (Å²) in [7, 11) is 0. The number of rotatable bonds is 6.